The van der Waals surface area contributed by atoms with Gasteiger partial charge in [-0.05, 0) is 25.3 Å². The number of piperidine rings is 1. The van der Waals surface area contributed by atoms with E-state index in [1.807, 2.05) is 4.90 Å². The predicted octanol–water partition coefficient (Wildman–Crippen LogP) is 2.44. The minimum Gasteiger partial charge on any atom is -0.497 e. The molecule has 1 atom stereocenters. The normalized spacial score (nSPS) is 18.3. The van der Waals surface area contributed by atoms with Crippen LogP contribution in [0.2, 0.25) is 0 Å². The summed E-state index contributed by atoms with van der Waals surface area (Å²) in [6.45, 7) is 0.617. The van der Waals surface area contributed by atoms with Crippen molar-refractivity contribution >= 4 is 17.3 Å². The summed E-state index contributed by atoms with van der Waals surface area (Å²) in [7, 11) is 1.50. The summed E-state index contributed by atoms with van der Waals surface area (Å²) in [5, 5.41) is 20.2. The second-order valence-corrected chi connectivity index (χ2v) is 5.05. The van der Waals surface area contributed by atoms with Gasteiger partial charge in [0.15, 0.2) is 0 Å². The van der Waals surface area contributed by atoms with Gasteiger partial charge >= 0.3 is 5.97 Å². The molecule has 0 spiro atoms. The molecule has 1 aliphatic heterocycles. The van der Waals surface area contributed by atoms with Crippen LogP contribution in [0.1, 0.15) is 25.7 Å². The van der Waals surface area contributed by atoms with E-state index in [0.717, 1.165) is 19.3 Å². The third-order valence-electron chi connectivity index (χ3n) is 3.73. The van der Waals surface area contributed by atoms with E-state index in [-0.39, 0.29) is 18.2 Å². The van der Waals surface area contributed by atoms with Crippen LogP contribution in [0.15, 0.2) is 18.2 Å². The number of ether oxygens (including phenoxy) is 1. The SMILES string of the molecule is COc1ccc([N+](=O)[O-])c(N2CCCCC2CC(=O)O)c1. The zero-order valence-corrected chi connectivity index (χ0v) is 11.8. The van der Waals surface area contributed by atoms with E-state index in [9.17, 15) is 14.9 Å². The molecule has 1 unspecified atom stereocenters. The molecule has 21 heavy (non-hydrogen) atoms. The number of anilines is 1. The van der Waals surface area contributed by atoms with Crippen molar-refractivity contribution in [3.8, 4) is 5.75 Å². The van der Waals surface area contributed by atoms with Crippen molar-refractivity contribution < 1.29 is 19.6 Å². The number of carboxylic acid groups (broad SMARTS) is 1. The maximum absolute atomic E-state index is 11.2. The molecule has 1 aliphatic rings. The molecule has 0 aromatic heterocycles. The molecule has 0 amide bonds. The molecule has 2 rings (SSSR count). The molecular formula is C14H18N2O5. The van der Waals surface area contributed by atoms with Gasteiger partial charge in [0.25, 0.3) is 5.69 Å². The van der Waals surface area contributed by atoms with Crippen molar-refractivity contribution in [1.29, 1.82) is 0 Å². The van der Waals surface area contributed by atoms with Gasteiger partial charge in [-0.2, -0.15) is 0 Å². The summed E-state index contributed by atoms with van der Waals surface area (Å²) in [4.78, 5) is 23.6. The molecule has 0 aliphatic carbocycles. The summed E-state index contributed by atoms with van der Waals surface area (Å²) in [5.41, 5.74) is 0.415. The molecule has 1 N–H and O–H groups in total. The van der Waals surface area contributed by atoms with Crippen molar-refractivity contribution in [2.75, 3.05) is 18.6 Å². The Bertz CT molecular complexity index is 546. The standard InChI is InChI=1S/C14H18N2O5/c1-21-11-5-6-12(16(19)20)13(9-11)15-7-3-2-4-10(15)8-14(17)18/h5-6,9-10H,2-4,7-8H2,1H3,(H,17,18). The number of hydrogen-bond donors (Lipinski definition) is 1. The number of nitrogens with zero attached hydrogens (tertiary/aromatic N) is 2. The first-order chi connectivity index (χ1) is 10.0. The van der Waals surface area contributed by atoms with Crippen LogP contribution >= 0.6 is 0 Å². The zero-order valence-electron chi connectivity index (χ0n) is 11.8. The van der Waals surface area contributed by atoms with E-state index in [0.29, 0.717) is 18.0 Å². The molecule has 7 heteroatoms. The Labute approximate surface area is 122 Å². The smallest absolute Gasteiger partial charge is 0.305 e. The molecule has 0 radical (unpaired) electrons. The third kappa shape index (κ3) is 3.42. The summed E-state index contributed by atoms with van der Waals surface area (Å²) in [6.07, 6.45) is 2.53. The fourth-order valence-electron chi connectivity index (χ4n) is 2.75. The van der Waals surface area contributed by atoms with Crippen LogP contribution in [-0.2, 0) is 4.79 Å². The highest BCUT2D eigenvalue weighted by molar-refractivity contribution is 5.71. The molecule has 7 nitrogen and oxygen atoms in total. The number of methoxy groups -OCH3 is 1. The van der Waals surface area contributed by atoms with E-state index in [4.69, 9.17) is 9.84 Å². The van der Waals surface area contributed by atoms with Crippen molar-refractivity contribution in [2.24, 2.45) is 0 Å². The average Bonchev–Trinajstić information content (AvgIpc) is 2.46. The monoisotopic (exact) mass is 294 g/mol. The first kappa shape index (κ1) is 15.1. The van der Waals surface area contributed by atoms with Crippen LogP contribution in [-0.4, -0.2) is 35.7 Å². The van der Waals surface area contributed by atoms with Gasteiger partial charge in [-0.15, -0.1) is 0 Å². The van der Waals surface area contributed by atoms with Gasteiger partial charge in [-0.25, -0.2) is 0 Å². The topological polar surface area (TPSA) is 92.9 Å². The Morgan fingerprint density at radius 3 is 2.90 bits per heavy atom. The fraction of sp³-hybridized carbons (Fsp3) is 0.500. The lowest BCUT2D eigenvalue weighted by molar-refractivity contribution is -0.384. The maximum atomic E-state index is 11.2. The number of nitro benzene ring substituents is 1. The maximum Gasteiger partial charge on any atom is 0.305 e. The lowest BCUT2D eigenvalue weighted by Crippen LogP contribution is -2.41. The highest BCUT2D eigenvalue weighted by Gasteiger charge is 2.29. The van der Waals surface area contributed by atoms with E-state index < -0.39 is 10.9 Å². The first-order valence-corrected chi connectivity index (χ1v) is 6.83. The summed E-state index contributed by atoms with van der Waals surface area (Å²) in [6, 6.07) is 4.33. The van der Waals surface area contributed by atoms with Gasteiger partial charge in [0, 0.05) is 24.7 Å². The number of hydrogen-bond acceptors (Lipinski definition) is 5. The minimum absolute atomic E-state index is 0.0195. The number of nitro groups is 1. The molecule has 0 bridgehead atoms. The second kappa shape index (κ2) is 6.43. The van der Waals surface area contributed by atoms with Crippen LogP contribution in [0.5, 0.6) is 5.75 Å². The van der Waals surface area contributed by atoms with Crippen molar-refractivity contribution in [2.45, 2.75) is 31.7 Å². The summed E-state index contributed by atoms with van der Waals surface area (Å²) >= 11 is 0. The van der Waals surface area contributed by atoms with Gasteiger partial charge in [-0.1, -0.05) is 0 Å². The highest BCUT2D eigenvalue weighted by atomic mass is 16.6. The highest BCUT2D eigenvalue weighted by Crippen LogP contribution is 2.36. The van der Waals surface area contributed by atoms with Crippen LogP contribution in [0.3, 0.4) is 0 Å². The lowest BCUT2D eigenvalue weighted by atomic mass is 9.98. The van der Waals surface area contributed by atoms with Crippen LogP contribution < -0.4 is 9.64 Å². The number of carboxylic acids is 1. The number of benzene rings is 1. The quantitative estimate of drug-likeness (QED) is 0.662. The molecule has 1 aromatic carbocycles. The third-order valence-corrected chi connectivity index (χ3v) is 3.73. The van der Waals surface area contributed by atoms with Crippen molar-refractivity contribution in [3.63, 3.8) is 0 Å². The largest absolute Gasteiger partial charge is 0.497 e. The Balaban J connectivity index is 2.40. The number of aliphatic carboxylic acids is 1. The van der Waals surface area contributed by atoms with E-state index in [1.54, 1.807) is 6.07 Å². The molecule has 114 valence electrons. The van der Waals surface area contributed by atoms with Crippen LogP contribution in [0, 0.1) is 10.1 Å². The molecule has 1 heterocycles. The number of carbonyl (C=O) groups is 1. The fourth-order valence-corrected chi connectivity index (χ4v) is 2.75. The van der Waals surface area contributed by atoms with Gasteiger partial charge in [0.1, 0.15) is 11.4 Å². The van der Waals surface area contributed by atoms with Crippen molar-refractivity contribution in [1.82, 2.24) is 0 Å². The van der Waals surface area contributed by atoms with E-state index in [1.165, 1.54) is 19.2 Å². The van der Waals surface area contributed by atoms with Gasteiger partial charge in [-0.3, -0.25) is 14.9 Å². The van der Waals surface area contributed by atoms with Gasteiger partial charge in [0.05, 0.1) is 18.5 Å². The van der Waals surface area contributed by atoms with Gasteiger partial charge < -0.3 is 14.7 Å². The second-order valence-electron chi connectivity index (χ2n) is 5.05. The summed E-state index contributed by atoms with van der Waals surface area (Å²) < 4.78 is 5.13. The molecule has 0 saturated carbocycles. The number of rotatable bonds is 5. The molecule has 1 saturated heterocycles. The molecule has 1 aromatic rings. The zero-order chi connectivity index (χ0) is 15.4. The van der Waals surface area contributed by atoms with Gasteiger partial charge in [0.2, 0.25) is 0 Å². The Morgan fingerprint density at radius 2 is 2.29 bits per heavy atom. The average molecular weight is 294 g/mol. The summed E-state index contributed by atoms with van der Waals surface area (Å²) in [5.74, 6) is -0.368. The Kier molecular flexibility index (Phi) is 4.62. The van der Waals surface area contributed by atoms with E-state index >= 15 is 0 Å². The minimum atomic E-state index is -0.891. The predicted molar refractivity (Wildman–Crippen MR) is 76.9 cm³/mol. The molecular weight excluding hydrogens is 276 g/mol. The molecule has 1 fully saturated rings. The Morgan fingerprint density at radius 1 is 1.52 bits per heavy atom. The Hall–Kier alpha value is -2.31. The first-order valence-electron chi connectivity index (χ1n) is 6.83. The van der Waals surface area contributed by atoms with Crippen molar-refractivity contribution in [3.05, 3.63) is 28.3 Å². The van der Waals surface area contributed by atoms with Crippen LogP contribution in [0.4, 0.5) is 11.4 Å². The van der Waals surface area contributed by atoms with E-state index in [2.05, 4.69) is 0 Å². The lowest BCUT2D eigenvalue weighted by Gasteiger charge is -2.36. The van der Waals surface area contributed by atoms with Crippen LogP contribution in [0.25, 0.3) is 0 Å².